The van der Waals surface area contributed by atoms with Gasteiger partial charge in [0.15, 0.2) is 0 Å². The van der Waals surface area contributed by atoms with Crippen LogP contribution in [0.25, 0.3) is 0 Å². The van der Waals surface area contributed by atoms with Crippen molar-refractivity contribution in [2.45, 2.75) is 25.7 Å². The van der Waals surface area contributed by atoms with E-state index in [2.05, 4.69) is 18.7 Å². The van der Waals surface area contributed by atoms with Gasteiger partial charge in [0.2, 0.25) is 8.87 Å². The van der Waals surface area contributed by atoms with Crippen LogP contribution in [0.1, 0.15) is 19.4 Å². The van der Waals surface area contributed by atoms with Crippen LogP contribution in [0.2, 0.25) is 0 Å². The molecule has 0 spiro atoms. The summed E-state index contributed by atoms with van der Waals surface area (Å²) in [6, 6.07) is 7.01. The normalized spacial score (nSPS) is 11.4. The lowest BCUT2D eigenvalue weighted by atomic mass is 10.2. The van der Waals surface area contributed by atoms with Crippen molar-refractivity contribution in [3.8, 4) is 0 Å². The van der Waals surface area contributed by atoms with Crippen LogP contribution in [-0.2, 0) is 8.87 Å². The Morgan fingerprint density at radius 2 is 1.63 bits per heavy atom. The molecule has 1 aromatic carbocycles. The van der Waals surface area contributed by atoms with Crippen LogP contribution in [0.5, 0.6) is 0 Å². The zero-order valence-electron chi connectivity index (χ0n) is 11.6. The van der Waals surface area contributed by atoms with Gasteiger partial charge in [-0.25, -0.2) is 8.42 Å². The fourth-order valence-corrected chi connectivity index (χ4v) is 4.37. The molecule has 0 aromatic heterocycles. The molecule has 0 radical (unpaired) electrons. The van der Waals surface area contributed by atoms with Crippen LogP contribution in [0.15, 0.2) is 29.2 Å². The van der Waals surface area contributed by atoms with Crippen LogP contribution in [0.3, 0.4) is 0 Å². The van der Waals surface area contributed by atoms with E-state index in [0.717, 1.165) is 36.0 Å². The molecule has 110 valence electrons. The summed E-state index contributed by atoms with van der Waals surface area (Å²) in [4.78, 5) is 2.62. The van der Waals surface area contributed by atoms with E-state index in [9.17, 15) is 8.42 Å². The van der Waals surface area contributed by atoms with E-state index in [1.165, 1.54) is 0 Å². The van der Waals surface area contributed by atoms with Crippen molar-refractivity contribution in [1.29, 1.82) is 0 Å². The van der Waals surface area contributed by atoms with Gasteiger partial charge in [-0.15, -0.1) is 12.4 Å². The molecule has 0 heterocycles. The lowest BCUT2D eigenvalue weighted by molar-refractivity contribution is 0.324. The van der Waals surface area contributed by atoms with Gasteiger partial charge in [0.25, 0.3) is 0 Å². The minimum absolute atomic E-state index is 0. The third-order valence-electron chi connectivity index (χ3n) is 2.85. The molecule has 0 saturated heterocycles. The molecule has 0 saturated carbocycles. The molecule has 1 rings (SSSR count). The van der Waals surface area contributed by atoms with Crippen LogP contribution in [0, 0.1) is 6.92 Å². The lowest BCUT2D eigenvalue weighted by Crippen LogP contribution is -2.25. The number of hydrogen-bond acceptors (Lipinski definition) is 4. The van der Waals surface area contributed by atoms with Crippen molar-refractivity contribution in [2.75, 3.05) is 25.4 Å². The van der Waals surface area contributed by atoms with Gasteiger partial charge in [-0.05, 0) is 42.9 Å². The number of aryl methyl sites for hydroxylation is 1. The van der Waals surface area contributed by atoms with Crippen LogP contribution >= 0.6 is 23.2 Å². The van der Waals surface area contributed by atoms with E-state index in [-0.39, 0.29) is 12.4 Å². The summed E-state index contributed by atoms with van der Waals surface area (Å²) in [6.45, 7) is 8.85. The molecule has 0 aliphatic carbocycles. The molecule has 19 heavy (non-hydrogen) atoms. The summed E-state index contributed by atoms with van der Waals surface area (Å²) in [6.07, 6.45) is 0. The van der Waals surface area contributed by atoms with Crippen molar-refractivity contribution < 1.29 is 8.42 Å². The Kier molecular flexibility index (Phi) is 8.74. The fourth-order valence-electron chi connectivity index (χ4n) is 1.59. The Labute approximate surface area is 126 Å². The standard InChI is InChI=1S/C13H21NO2S2.ClH/c1-4-14(5-2)10-11-17-18(15,16)13-8-6-12(3)7-9-13;/h6-9H,4-5,10-11H2,1-3H3;1H. The number of halogens is 1. The minimum atomic E-state index is -3.20. The summed E-state index contributed by atoms with van der Waals surface area (Å²) in [5.74, 6) is 0.609. The van der Waals surface area contributed by atoms with Gasteiger partial charge < -0.3 is 4.90 Å². The zero-order valence-corrected chi connectivity index (χ0v) is 14.1. The fraction of sp³-hybridized carbons (Fsp3) is 0.538. The first-order valence-corrected chi connectivity index (χ1v) is 9.16. The second-order valence-electron chi connectivity index (χ2n) is 4.12. The molecule has 0 aliphatic heterocycles. The van der Waals surface area contributed by atoms with E-state index < -0.39 is 8.87 Å². The van der Waals surface area contributed by atoms with Gasteiger partial charge in [0.1, 0.15) is 0 Å². The maximum Gasteiger partial charge on any atom is 0.230 e. The Hall–Kier alpha value is -0.230. The van der Waals surface area contributed by atoms with E-state index in [0.29, 0.717) is 10.6 Å². The van der Waals surface area contributed by atoms with Crippen molar-refractivity contribution in [3.63, 3.8) is 0 Å². The third-order valence-corrected chi connectivity index (χ3v) is 6.37. The smallest absolute Gasteiger partial charge is 0.230 e. The summed E-state index contributed by atoms with van der Waals surface area (Å²) in [7, 11) is -2.17. The molecular weight excluding hydrogens is 302 g/mol. The van der Waals surface area contributed by atoms with Gasteiger partial charge in [0.05, 0.1) is 4.90 Å². The molecule has 0 bridgehead atoms. The largest absolute Gasteiger partial charge is 0.303 e. The maximum absolute atomic E-state index is 12.0. The predicted molar refractivity (Wildman–Crippen MR) is 85.9 cm³/mol. The first-order valence-electron chi connectivity index (χ1n) is 6.18. The van der Waals surface area contributed by atoms with Crippen molar-refractivity contribution in [1.82, 2.24) is 4.90 Å². The number of rotatable bonds is 7. The summed E-state index contributed by atoms with van der Waals surface area (Å²) in [5.41, 5.74) is 1.07. The average Bonchev–Trinajstić information content (AvgIpc) is 2.35. The monoisotopic (exact) mass is 323 g/mol. The van der Waals surface area contributed by atoms with E-state index in [1.54, 1.807) is 12.1 Å². The highest BCUT2D eigenvalue weighted by Crippen LogP contribution is 2.23. The molecule has 1 aromatic rings. The van der Waals surface area contributed by atoms with Crippen LogP contribution < -0.4 is 0 Å². The van der Waals surface area contributed by atoms with Crippen molar-refractivity contribution in [3.05, 3.63) is 29.8 Å². The molecule has 6 heteroatoms. The second kappa shape index (κ2) is 8.84. The molecule has 0 N–H and O–H groups in total. The highest BCUT2D eigenvalue weighted by atomic mass is 35.5. The van der Waals surface area contributed by atoms with E-state index in [4.69, 9.17) is 0 Å². The summed E-state index contributed by atoms with van der Waals surface area (Å²) < 4.78 is 24.1. The average molecular weight is 324 g/mol. The van der Waals surface area contributed by atoms with Gasteiger partial charge in [-0.1, -0.05) is 31.5 Å². The number of hydrogen-bond donors (Lipinski definition) is 0. The lowest BCUT2D eigenvalue weighted by Gasteiger charge is -2.17. The highest BCUT2D eigenvalue weighted by Gasteiger charge is 2.15. The van der Waals surface area contributed by atoms with E-state index in [1.807, 2.05) is 19.1 Å². The Bertz CT molecular complexity index is 456. The molecular formula is C13H22ClNO2S2. The molecule has 3 nitrogen and oxygen atoms in total. The van der Waals surface area contributed by atoms with Gasteiger partial charge in [-0.2, -0.15) is 0 Å². The van der Waals surface area contributed by atoms with Crippen LogP contribution in [-0.4, -0.2) is 38.7 Å². The number of benzene rings is 1. The summed E-state index contributed by atoms with van der Waals surface area (Å²) in [5, 5.41) is 0. The van der Waals surface area contributed by atoms with Gasteiger partial charge in [-0.3, -0.25) is 0 Å². The molecule has 0 fully saturated rings. The predicted octanol–water partition coefficient (Wildman–Crippen LogP) is 3.18. The Morgan fingerprint density at radius 1 is 1.11 bits per heavy atom. The van der Waals surface area contributed by atoms with Gasteiger partial charge in [0, 0.05) is 12.3 Å². The Balaban J connectivity index is 0.00000324. The highest BCUT2D eigenvalue weighted by molar-refractivity contribution is 8.72. The molecule has 0 aliphatic rings. The second-order valence-corrected chi connectivity index (χ2v) is 8.16. The first kappa shape index (κ1) is 18.8. The Morgan fingerprint density at radius 3 is 2.11 bits per heavy atom. The number of nitrogens with zero attached hydrogens (tertiary/aromatic N) is 1. The topological polar surface area (TPSA) is 37.4 Å². The van der Waals surface area contributed by atoms with Crippen molar-refractivity contribution >= 4 is 32.1 Å². The third kappa shape index (κ3) is 6.17. The van der Waals surface area contributed by atoms with Crippen LogP contribution in [0.4, 0.5) is 0 Å². The quantitative estimate of drug-likeness (QED) is 0.722. The molecule has 0 atom stereocenters. The van der Waals surface area contributed by atoms with Crippen molar-refractivity contribution in [2.24, 2.45) is 0 Å². The molecule has 0 amide bonds. The maximum atomic E-state index is 12.0. The summed E-state index contributed by atoms with van der Waals surface area (Å²) >= 11 is 0. The zero-order chi connectivity index (χ0) is 13.6. The van der Waals surface area contributed by atoms with Gasteiger partial charge >= 0.3 is 0 Å². The molecule has 0 unspecified atom stereocenters. The first-order chi connectivity index (χ1) is 8.49. The minimum Gasteiger partial charge on any atom is -0.303 e. The SMILES string of the molecule is CCN(CC)CCSS(=O)(=O)c1ccc(C)cc1.Cl. The van der Waals surface area contributed by atoms with E-state index >= 15 is 0 Å².